The van der Waals surface area contributed by atoms with E-state index in [0.717, 1.165) is 56.1 Å². The summed E-state index contributed by atoms with van der Waals surface area (Å²) in [5, 5.41) is 11.9. The Hall–Kier alpha value is -2.21. The summed E-state index contributed by atoms with van der Waals surface area (Å²) in [7, 11) is 0. The number of hydrogen-bond acceptors (Lipinski definition) is 4. The molecule has 0 spiro atoms. The van der Waals surface area contributed by atoms with Crippen molar-refractivity contribution in [1.29, 1.82) is 0 Å². The van der Waals surface area contributed by atoms with Crippen LogP contribution in [-0.2, 0) is 24.2 Å². The van der Waals surface area contributed by atoms with Gasteiger partial charge in [0.15, 0.2) is 0 Å². The summed E-state index contributed by atoms with van der Waals surface area (Å²) in [6, 6.07) is 8.34. The van der Waals surface area contributed by atoms with Crippen molar-refractivity contribution in [3.63, 3.8) is 0 Å². The van der Waals surface area contributed by atoms with Crippen molar-refractivity contribution in [2.75, 3.05) is 11.4 Å². The van der Waals surface area contributed by atoms with Gasteiger partial charge in [0, 0.05) is 31.2 Å². The summed E-state index contributed by atoms with van der Waals surface area (Å²) in [4.78, 5) is 15.0. The van der Waals surface area contributed by atoms with Crippen LogP contribution in [0.3, 0.4) is 0 Å². The van der Waals surface area contributed by atoms with Gasteiger partial charge in [0.05, 0.1) is 6.04 Å². The number of carbonyl (C=O) groups is 1. The molecule has 3 heterocycles. The van der Waals surface area contributed by atoms with Gasteiger partial charge in [-0.05, 0) is 44.7 Å². The van der Waals surface area contributed by atoms with Gasteiger partial charge in [-0.1, -0.05) is 18.2 Å². The zero-order valence-electron chi connectivity index (χ0n) is 14.9. The largest absolute Gasteiger partial charge is 0.314 e. The van der Waals surface area contributed by atoms with Crippen molar-refractivity contribution in [3.8, 4) is 0 Å². The maximum atomic E-state index is 13.0. The van der Waals surface area contributed by atoms with E-state index >= 15 is 0 Å². The van der Waals surface area contributed by atoms with Crippen molar-refractivity contribution in [1.82, 2.24) is 20.1 Å². The monoisotopic (exact) mass is 339 g/mol. The molecule has 2 aliphatic heterocycles. The van der Waals surface area contributed by atoms with Gasteiger partial charge in [0.1, 0.15) is 11.6 Å². The normalized spacial score (nSPS) is 20.7. The number of anilines is 1. The van der Waals surface area contributed by atoms with Crippen molar-refractivity contribution >= 4 is 11.6 Å². The molecule has 1 amide bonds. The molecular weight excluding hydrogens is 314 g/mol. The highest BCUT2D eigenvalue weighted by Gasteiger charge is 2.29. The molecule has 0 saturated heterocycles. The van der Waals surface area contributed by atoms with Gasteiger partial charge in [-0.25, -0.2) is 0 Å². The Morgan fingerprint density at radius 3 is 3.00 bits per heavy atom. The SMILES string of the molecule is Cc1nnc2n1C[C@H](N[C@@H](C)C(=O)N1CCCc3ccccc31)CC2. The molecule has 2 aromatic rings. The number of rotatable bonds is 3. The van der Waals surface area contributed by atoms with Crippen LogP contribution in [0.4, 0.5) is 5.69 Å². The van der Waals surface area contributed by atoms with Gasteiger partial charge in [0.25, 0.3) is 0 Å². The van der Waals surface area contributed by atoms with E-state index in [1.165, 1.54) is 5.56 Å². The summed E-state index contributed by atoms with van der Waals surface area (Å²) in [5.74, 6) is 2.17. The molecule has 0 fully saturated rings. The third-order valence-corrected chi connectivity index (χ3v) is 5.36. The maximum Gasteiger partial charge on any atom is 0.243 e. The number of nitrogens with one attached hydrogen (secondary N) is 1. The molecule has 0 aliphatic carbocycles. The van der Waals surface area contributed by atoms with Gasteiger partial charge in [-0.3, -0.25) is 4.79 Å². The minimum absolute atomic E-state index is 0.165. The average molecular weight is 339 g/mol. The van der Waals surface area contributed by atoms with Crippen molar-refractivity contribution in [2.24, 2.45) is 0 Å². The molecule has 2 aliphatic rings. The first kappa shape index (κ1) is 16.3. The Kier molecular flexibility index (Phi) is 4.29. The summed E-state index contributed by atoms with van der Waals surface area (Å²) in [6.07, 6.45) is 3.99. The predicted octanol–water partition coefficient (Wildman–Crippen LogP) is 1.86. The predicted molar refractivity (Wildman–Crippen MR) is 96.6 cm³/mol. The fraction of sp³-hybridized carbons (Fsp3) is 0.526. The molecule has 0 bridgehead atoms. The van der Waals surface area contributed by atoms with E-state index in [9.17, 15) is 4.79 Å². The van der Waals surface area contributed by atoms with E-state index in [4.69, 9.17) is 0 Å². The lowest BCUT2D eigenvalue weighted by Gasteiger charge is -2.33. The second kappa shape index (κ2) is 6.59. The number of hydrogen-bond donors (Lipinski definition) is 1. The number of para-hydroxylation sites is 1. The van der Waals surface area contributed by atoms with Crippen LogP contribution in [0.5, 0.6) is 0 Å². The van der Waals surface area contributed by atoms with E-state index in [1.54, 1.807) is 0 Å². The number of fused-ring (bicyclic) bond motifs is 2. The summed E-state index contributed by atoms with van der Waals surface area (Å²) < 4.78 is 2.16. The smallest absolute Gasteiger partial charge is 0.243 e. The molecule has 2 atom stereocenters. The molecule has 1 aromatic carbocycles. The molecule has 6 heteroatoms. The molecule has 0 saturated carbocycles. The van der Waals surface area contributed by atoms with E-state index in [1.807, 2.05) is 24.8 Å². The lowest BCUT2D eigenvalue weighted by Crippen LogP contribution is -2.51. The van der Waals surface area contributed by atoms with Crippen LogP contribution >= 0.6 is 0 Å². The van der Waals surface area contributed by atoms with Crippen LogP contribution in [0.15, 0.2) is 24.3 Å². The number of aryl methyl sites for hydroxylation is 3. The fourth-order valence-corrected chi connectivity index (χ4v) is 4.02. The van der Waals surface area contributed by atoms with Gasteiger partial charge >= 0.3 is 0 Å². The van der Waals surface area contributed by atoms with Gasteiger partial charge in [-0.2, -0.15) is 0 Å². The number of nitrogens with zero attached hydrogens (tertiary/aromatic N) is 4. The molecule has 1 N–H and O–H groups in total. The molecule has 4 rings (SSSR count). The Labute approximate surface area is 148 Å². The first-order valence-corrected chi connectivity index (χ1v) is 9.17. The van der Waals surface area contributed by atoms with E-state index in [-0.39, 0.29) is 18.0 Å². The lowest BCUT2D eigenvalue weighted by molar-refractivity contribution is -0.120. The van der Waals surface area contributed by atoms with Gasteiger partial charge in [-0.15, -0.1) is 10.2 Å². The second-order valence-corrected chi connectivity index (χ2v) is 7.12. The van der Waals surface area contributed by atoms with Crippen LogP contribution in [0, 0.1) is 6.92 Å². The van der Waals surface area contributed by atoms with E-state index in [2.05, 4.69) is 38.3 Å². The molecule has 1 aromatic heterocycles. The average Bonchev–Trinajstić information content (AvgIpc) is 3.01. The fourth-order valence-electron chi connectivity index (χ4n) is 4.02. The van der Waals surface area contributed by atoms with Crippen LogP contribution < -0.4 is 10.2 Å². The number of benzene rings is 1. The zero-order valence-corrected chi connectivity index (χ0v) is 14.9. The summed E-state index contributed by atoms with van der Waals surface area (Å²) in [6.45, 7) is 5.61. The lowest BCUT2D eigenvalue weighted by atomic mass is 10.0. The summed E-state index contributed by atoms with van der Waals surface area (Å²) >= 11 is 0. The highest BCUT2D eigenvalue weighted by molar-refractivity contribution is 5.98. The van der Waals surface area contributed by atoms with Gasteiger partial charge < -0.3 is 14.8 Å². The third kappa shape index (κ3) is 3.06. The molecule has 0 unspecified atom stereocenters. The standard InChI is InChI=1S/C19H25N5O/c1-13(20-16-9-10-18-22-21-14(2)24(18)12-16)19(25)23-11-5-7-15-6-3-4-8-17(15)23/h3-4,6,8,13,16,20H,5,7,9-12H2,1-2H3/t13-,16+/m0/s1. The maximum absolute atomic E-state index is 13.0. The molecule has 0 radical (unpaired) electrons. The van der Waals surface area contributed by atoms with Crippen molar-refractivity contribution < 1.29 is 4.79 Å². The molecule has 25 heavy (non-hydrogen) atoms. The zero-order chi connectivity index (χ0) is 17.4. The molecular formula is C19H25N5O. The van der Waals surface area contributed by atoms with Crippen LogP contribution in [-0.4, -0.2) is 39.3 Å². The highest BCUT2D eigenvalue weighted by Crippen LogP contribution is 2.27. The molecule has 6 nitrogen and oxygen atoms in total. The minimum Gasteiger partial charge on any atom is -0.314 e. The quantitative estimate of drug-likeness (QED) is 0.927. The van der Waals surface area contributed by atoms with Crippen LogP contribution in [0.1, 0.15) is 37.0 Å². The van der Waals surface area contributed by atoms with E-state index in [0.29, 0.717) is 0 Å². The Balaban J connectivity index is 1.45. The van der Waals surface area contributed by atoms with Crippen molar-refractivity contribution in [3.05, 3.63) is 41.5 Å². The third-order valence-electron chi connectivity index (χ3n) is 5.36. The highest BCUT2D eigenvalue weighted by atomic mass is 16.2. The van der Waals surface area contributed by atoms with Crippen LogP contribution in [0.25, 0.3) is 0 Å². The topological polar surface area (TPSA) is 63.1 Å². The number of amides is 1. The minimum atomic E-state index is -0.200. The number of aromatic nitrogens is 3. The second-order valence-electron chi connectivity index (χ2n) is 7.12. The Morgan fingerprint density at radius 2 is 2.12 bits per heavy atom. The Morgan fingerprint density at radius 1 is 1.28 bits per heavy atom. The Bertz CT molecular complexity index is 784. The van der Waals surface area contributed by atoms with E-state index < -0.39 is 0 Å². The summed E-state index contributed by atoms with van der Waals surface area (Å²) in [5.41, 5.74) is 2.35. The first-order chi connectivity index (χ1) is 12.1. The van der Waals surface area contributed by atoms with Crippen LogP contribution in [0.2, 0.25) is 0 Å². The molecule has 132 valence electrons. The number of carbonyl (C=O) groups excluding carboxylic acids is 1. The van der Waals surface area contributed by atoms with Crippen molar-refractivity contribution in [2.45, 2.75) is 58.2 Å². The first-order valence-electron chi connectivity index (χ1n) is 9.17. The van der Waals surface area contributed by atoms with Gasteiger partial charge in [0.2, 0.25) is 5.91 Å².